The third-order valence-corrected chi connectivity index (χ3v) is 4.62. The van der Waals surface area contributed by atoms with Crippen molar-refractivity contribution in [1.29, 1.82) is 0 Å². The summed E-state index contributed by atoms with van der Waals surface area (Å²) in [6.45, 7) is -0.573. The molecule has 0 saturated heterocycles. The SMILES string of the molecule is CCOc1ccc(C2=C[C@@H](c3ccccc3OC(F)F)n3nnnc3N2)cc1Cl. The summed E-state index contributed by atoms with van der Waals surface area (Å²) in [4.78, 5) is 0. The van der Waals surface area contributed by atoms with Gasteiger partial charge in [-0.15, -0.1) is 0 Å². The quantitative estimate of drug-likeness (QED) is 0.639. The van der Waals surface area contributed by atoms with Crippen molar-refractivity contribution in [3.05, 3.63) is 64.7 Å². The van der Waals surface area contributed by atoms with Crippen LogP contribution in [0.5, 0.6) is 11.5 Å². The van der Waals surface area contributed by atoms with Gasteiger partial charge in [0.1, 0.15) is 17.5 Å². The molecule has 2 heterocycles. The maximum atomic E-state index is 12.9. The van der Waals surface area contributed by atoms with Gasteiger partial charge in [0.05, 0.1) is 11.6 Å². The molecule has 4 rings (SSSR count). The molecule has 3 aromatic rings. The summed E-state index contributed by atoms with van der Waals surface area (Å²) < 4.78 is 37.4. The van der Waals surface area contributed by atoms with Crippen LogP contribution in [0.25, 0.3) is 5.70 Å². The third-order valence-electron chi connectivity index (χ3n) is 4.32. The Bertz CT molecular complexity index is 1060. The van der Waals surface area contributed by atoms with Crippen molar-refractivity contribution >= 4 is 23.2 Å². The van der Waals surface area contributed by atoms with Gasteiger partial charge in [0.25, 0.3) is 0 Å². The topological polar surface area (TPSA) is 74.1 Å². The van der Waals surface area contributed by atoms with Gasteiger partial charge in [-0.1, -0.05) is 34.9 Å². The number of hydrogen-bond donors (Lipinski definition) is 1. The number of alkyl halides is 2. The normalized spacial score (nSPS) is 15.5. The van der Waals surface area contributed by atoms with E-state index in [0.29, 0.717) is 34.6 Å². The van der Waals surface area contributed by atoms with Gasteiger partial charge in [0.2, 0.25) is 5.95 Å². The van der Waals surface area contributed by atoms with Gasteiger partial charge in [0.15, 0.2) is 0 Å². The van der Waals surface area contributed by atoms with E-state index in [1.165, 1.54) is 10.7 Å². The van der Waals surface area contributed by atoms with Crippen molar-refractivity contribution in [1.82, 2.24) is 20.2 Å². The summed E-state index contributed by atoms with van der Waals surface area (Å²) in [5, 5.41) is 15.2. The van der Waals surface area contributed by atoms with E-state index in [1.807, 2.05) is 19.1 Å². The molecular formula is C19H16ClF2N5O2. The molecular weight excluding hydrogens is 404 g/mol. The summed E-state index contributed by atoms with van der Waals surface area (Å²) in [6.07, 6.45) is 1.82. The fourth-order valence-corrected chi connectivity index (χ4v) is 3.35. The number of para-hydroxylation sites is 1. The van der Waals surface area contributed by atoms with Crippen LogP contribution in [0.4, 0.5) is 14.7 Å². The monoisotopic (exact) mass is 419 g/mol. The average molecular weight is 420 g/mol. The number of halogens is 3. The first-order chi connectivity index (χ1) is 14.1. The average Bonchev–Trinajstić information content (AvgIpc) is 3.18. The van der Waals surface area contributed by atoms with Gasteiger partial charge in [-0.05, 0) is 53.3 Å². The van der Waals surface area contributed by atoms with Crippen LogP contribution in [-0.4, -0.2) is 33.4 Å². The number of ether oxygens (including phenoxy) is 2. The predicted molar refractivity (Wildman–Crippen MR) is 103 cm³/mol. The Morgan fingerprint density at radius 3 is 2.79 bits per heavy atom. The lowest BCUT2D eigenvalue weighted by Gasteiger charge is -2.25. The van der Waals surface area contributed by atoms with Crippen molar-refractivity contribution in [2.45, 2.75) is 19.6 Å². The minimum absolute atomic E-state index is 0.0520. The number of nitrogens with zero attached hydrogens (tertiary/aromatic N) is 4. The molecule has 1 aliphatic rings. The molecule has 7 nitrogen and oxygen atoms in total. The maximum Gasteiger partial charge on any atom is 0.387 e. The molecule has 0 amide bonds. The van der Waals surface area contributed by atoms with E-state index in [4.69, 9.17) is 21.1 Å². The molecule has 1 aliphatic heterocycles. The molecule has 150 valence electrons. The number of hydrogen-bond acceptors (Lipinski definition) is 6. The number of nitrogens with one attached hydrogen (secondary N) is 1. The number of rotatable bonds is 6. The zero-order chi connectivity index (χ0) is 20.4. The minimum atomic E-state index is -2.94. The first kappa shape index (κ1) is 19.1. The lowest BCUT2D eigenvalue weighted by molar-refractivity contribution is -0.0506. The zero-order valence-corrected chi connectivity index (χ0v) is 16.0. The van der Waals surface area contributed by atoms with Gasteiger partial charge in [-0.3, -0.25) is 0 Å². The first-order valence-corrected chi connectivity index (χ1v) is 9.17. The molecule has 0 aliphatic carbocycles. The van der Waals surface area contributed by atoms with Crippen LogP contribution in [0, 0.1) is 0 Å². The Morgan fingerprint density at radius 2 is 2.03 bits per heavy atom. The van der Waals surface area contributed by atoms with Crippen molar-refractivity contribution < 1.29 is 18.3 Å². The van der Waals surface area contributed by atoms with Gasteiger partial charge >= 0.3 is 6.61 Å². The van der Waals surface area contributed by atoms with E-state index < -0.39 is 12.7 Å². The first-order valence-electron chi connectivity index (χ1n) is 8.80. The van der Waals surface area contributed by atoms with Crippen molar-refractivity contribution in [2.75, 3.05) is 11.9 Å². The molecule has 1 N–H and O–H groups in total. The Hall–Kier alpha value is -3.20. The molecule has 10 heteroatoms. The van der Waals surface area contributed by atoms with Crippen LogP contribution in [0.3, 0.4) is 0 Å². The van der Waals surface area contributed by atoms with E-state index in [-0.39, 0.29) is 5.75 Å². The fraction of sp³-hybridized carbons (Fsp3) is 0.211. The van der Waals surface area contributed by atoms with Crippen LogP contribution in [0.15, 0.2) is 48.5 Å². The summed E-state index contributed by atoms with van der Waals surface area (Å²) >= 11 is 6.31. The molecule has 0 spiro atoms. The minimum Gasteiger partial charge on any atom is -0.492 e. The van der Waals surface area contributed by atoms with Crippen molar-refractivity contribution in [3.63, 3.8) is 0 Å². The van der Waals surface area contributed by atoms with E-state index in [1.54, 1.807) is 30.3 Å². The largest absolute Gasteiger partial charge is 0.492 e. The van der Waals surface area contributed by atoms with E-state index in [0.717, 1.165) is 5.56 Å². The number of aromatic nitrogens is 4. The molecule has 0 bridgehead atoms. The predicted octanol–water partition coefficient (Wildman–Crippen LogP) is 4.38. The van der Waals surface area contributed by atoms with Crippen LogP contribution < -0.4 is 14.8 Å². The Labute approximate surface area is 169 Å². The second kappa shape index (κ2) is 8.04. The van der Waals surface area contributed by atoms with E-state index in [2.05, 4.69) is 20.8 Å². The highest BCUT2D eigenvalue weighted by molar-refractivity contribution is 6.32. The van der Waals surface area contributed by atoms with Gasteiger partial charge < -0.3 is 14.8 Å². The Balaban J connectivity index is 1.77. The highest BCUT2D eigenvalue weighted by atomic mass is 35.5. The lowest BCUT2D eigenvalue weighted by Crippen LogP contribution is -2.21. The van der Waals surface area contributed by atoms with Gasteiger partial charge in [-0.25, -0.2) is 0 Å². The highest BCUT2D eigenvalue weighted by Crippen LogP contribution is 2.37. The summed E-state index contributed by atoms with van der Waals surface area (Å²) in [6, 6.07) is 11.3. The molecule has 1 atom stereocenters. The van der Waals surface area contributed by atoms with E-state index in [9.17, 15) is 8.78 Å². The molecule has 29 heavy (non-hydrogen) atoms. The number of anilines is 1. The summed E-state index contributed by atoms with van der Waals surface area (Å²) in [5.74, 6) is 0.993. The number of fused-ring (bicyclic) bond motifs is 1. The highest BCUT2D eigenvalue weighted by Gasteiger charge is 2.27. The number of allylic oxidation sites excluding steroid dienone is 1. The fourth-order valence-electron chi connectivity index (χ4n) is 3.11. The molecule has 1 aromatic heterocycles. The van der Waals surface area contributed by atoms with E-state index >= 15 is 0 Å². The maximum absolute atomic E-state index is 12.9. The molecule has 0 unspecified atom stereocenters. The molecule has 0 saturated carbocycles. The smallest absolute Gasteiger partial charge is 0.387 e. The van der Waals surface area contributed by atoms with Crippen molar-refractivity contribution in [3.8, 4) is 11.5 Å². The lowest BCUT2D eigenvalue weighted by atomic mass is 10.0. The van der Waals surface area contributed by atoms with Crippen LogP contribution in [0.1, 0.15) is 24.1 Å². The van der Waals surface area contributed by atoms with Crippen LogP contribution in [-0.2, 0) is 0 Å². The summed E-state index contributed by atoms with van der Waals surface area (Å²) in [7, 11) is 0. The molecule has 2 aromatic carbocycles. The Kier molecular flexibility index (Phi) is 5.30. The van der Waals surface area contributed by atoms with Gasteiger partial charge in [0, 0.05) is 11.3 Å². The van der Waals surface area contributed by atoms with Crippen LogP contribution >= 0.6 is 11.6 Å². The van der Waals surface area contributed by atoms with Crippen molar-refractivity contribution in [2.24, 2.45) is 0 Å². The standard InChI is InChI=1S/C19H16ClF2N5O2/c1-2-28-17-8-7-11(9-13(17)20)14-10-15(27-19(23-14)24-25-26-27)12-5-3-4-6-16(12)29-18(21)22/h3-10,15,18H,2H2,1H3,(H,23,24,26)/t15-/m0/s1. The van der Waals surface area contributed by atoms with Crippen LogP contribution in [0.2, 0.25) is 5.02 Å². The van der Waals surface area contributed by atoms with Gasteiger partial charge in [-0.2, -0.15) is 13.5 Å². The second-order valence-electron chi connectivity index (χ2n) is 6.09. The molecule has 0 radical (unpaired) electrons. The molecule has 0 fully saturated rings. The zero-order valence-electron chi connectivity index (χ0n) is 15.2. The number of benzene rings is 2. The second-order valence-corrected chi connectivity index (χ2v) is 6.50. The summed E-state index contributed by atoms with van der Waals surface area (Å²) in [5.41, 5.74) is 1.94. The third kappa shape index (κ3) is 3.86. The number of tetrazole rings is 1. The Morgan fingerprint density at radius 1 is 1.21 bits per heavy atom.